The molecule has 1 aliphatic heterocycles. The van der Waals surface area contributed by atoms with E-state index in [0.29, 0.717) is 16.0 Å². The topological polar surface area (TPSA) is 20.3 Å². The van der Waals surface area contributed by atoms with Gasteiger partial charge in [0.05, 0.1) is 4.47 Å². The van der Waals surface area contributed by atoms with E-state index in [-0.39, 0.29) is 17.8 Å². The number of piperidine rings is 1. The average molecular weight is 314 g/mol. The van der Waals surface area contributed by atoms with Crippen LogP contribution in [0.5, 0.6) is 0 Å². The second-order valence-corrected chi connectivity index (χ2v) is 5.84. The Balaban J connectivity index is 2.22. The Morgan fingerprint density at radius 3 is 2.83 bits per heavy atom. The molecule has 0 aromatic heterocycles. The monoisotopic (exact) mass is 313 g/mol. The van der Waals surface area contributed by atoms with Crippen LogP contribution in [0.15, 0.2) is 22.7 Å². The van der Waals surface area contributed by atoms with E-state index in [2.05, 4.69) is 29.8 Å². The summed E-state index contributed by atoms with van der Waals surface area (Å²) in [6, 6.07) is 4.68. The number of hydrogen-bond donors (Lipinski definition) is 0. The SMILES string of the molecule is CC1CCCN(C(=O)c2ccc(F)c(Br)c2)C1C. The zero-order valence-corrected chi connectivity index (χ0v) is 12.2. The van der Waals surface area contributed by atoms with Crippen molar-refractivity contribution < 1.29 is 9.18 Å². The Bertz CT molecular complexity index is 463. The van der Waals surface area contributed by atoms with E-state index in [1.807, 2.05) is 4.90 Å². The molecular formula is C14H17BrFNO. The van der Waals surface area contributed by atoms with Gasteiger partial charge in [-0.3, -0.25) is 4.79 Å². The maximum atomic E-state index is 13.2. The first kappa shape index (κ1) is 13.5. The standard InChI is InChI=1S/C14H17BrFNO/c1-9-4-3-7-17(10(9)2)14(18)11-5-6-13(16)12(15)8-11/h5-6,8-10H,3-4,7H2,1-2H3. The van der Waals surface area contributed by atoms with Crippen LogP contribution in [0.4, 0.5) is 4.39 Å². The summed E-state index contributed by atoms with van der Waals surface area (Å²) in [7, 11) is 0. The first-order chi connectivity index (χ1) is 8.50. The molecule has 18 heavy (non-hydrogen) atoms. The van der Waals surface area contributed by atoms with Gasteiger partial charge in [0.2, 0.25) is 0 Å². The number of halogens is 2. The third kappa shape index (κ3) is 2.58. The minimum absolute atomic E-state index is 0.00486. The highest BCUT2D eigenvalue weighted by Crippen LogP contribution is 2.25. The van der Waals surface area contributed by atoms with Crippen LogP contribution >= 0.6 is 15.9 Å². The highest BCUT2D eigenvalue weighted by Gasteiger charge is 2.29. The van der Waals surface area contributed by atoms with Gasteiger partial charge in [-0.25, -0.2) is 4.39 Å². The number of hydrogen-bond acceptors (Lipinski definition) is 1. The van der Waals surface area contributed by atoms with Crippen LogP contribution in [-0.4, -0.2) is 23.4 Å². The van der Waals surface area contributed by atoms with Crippen LogP contribution in [0.25, 0.3) is 0 Å². The van der Waals surface area contributed by atoms with Crippen LogP contribution < -0.4 is 0 Å². The fraction of sp³-hybridized carbons (Fsp3) is 0.500. The normalized spacial score (nSPS) is 24.1. The Morgan fingerprint density at radius 2 is 2.17 bits per heavy atom. The van der Waals surface area contributed by atoms with E-state index < -0.39 is 0 Å². The minimum atomic E-state index is -0.341. The van der Waals surface area contributed by atoms with E-state index in [0.717, 1.165) is 19.4 Å². The summed E-state index contributed by atoms with van der Waals surface area (Å²) < 4.78 is 13.5. The highest BCUT2D eigenvalue weighted by molar-refractivity contribution is 9.10. The number of carbonyl (C=O) groups excluding carboxylic acids is 1. The first-order valence-electron chi connectivity index (χ1n) is 6.26. The van der Waals surface area contributed by atoms with E-state index in [4.69, 9.17) is 0 Å². The molecule has 2 atom stereocenters. The number of benzene rings is 1. The molecule has 1 amide bonds. The molecule has 1 saturated heterocycles. The average Bonchev–Trinajstić information content (AvgIpc) is 2.35. The summed E-state index contributed by atoms with van der Waals surface area (Å²) in [5.41, 5.74) is 0.546. The van der Waals surface area contributed by atoms with Crippen molar-refractivity contribution >= 4 is 21.8 Å². The summed E-state index contributed by atoms with van der Waals surface area (Å²) in [4.78, 5) is 14.3. The summed E-state index contributed by atoms with van der Waals surface area (Å²) in [6.45, 7) is 5.05. The lowest BCUT2D eigenvalue weighted by atomic mass is 9.91. The molecule has 1 fully saturated rings. The molecule has 0 aliphatic carbocycles. The molecule has 1 aromatic carbocycles. The van der Waals surface area contributed by atoms with Gasteiger partial charge < -0.3 is 4.90 Å². The second kappa shape index (κ2) is 5.39. The first-order valence-corrected chi connectivity index (χ1v) is 7.06. The van der Waals surface area contributed by atoms with Crippen molar-refractivity contribution in [2.75, 3.05) is 6.54 Å². The van der Waals surface area contributed by atoms with Gasteiger partial charge in [-0.15, -0.1) is 0 Å². The Kier molecular flexibility index (Phi) is 4.05. The highest BCUT2D eigenvalue weighted by atomic mass is 79.9. The van der Waals surface area contributed by atoms with Gasteiger partial charge >= 0.3 is 0 Å². The lowest BCUT2D eigenvalue weighted by Gasteiger charge is -2.38. The van der Waals surface area contributed by atoms with Gasteiger partial charge in [-0.05, 0) is 59.8 Å². The van der Waals surface area contributed by atoms with Crippen molar-refractivity contribution in [1.82, 2.24) is 4.90 Å². The molecule has 0 radical (unpaired) electrons. The van der Waals surface area contributed by atoms with Crippen molar-refractivity contribution in [2.45, 2.75) is 32.7 Å². The number of rotatable bonds is 1. The van der Waals surface area contributed by atoms with E-state index >= 15 is 0 Å². The van der Waals surface area contributed by atoms with Crippen LogP contribution in [-0.2, 0) is 0 Å². The molecule has 1 aliphatic rings. The van der Waals surface area contributed by atoms with Gasteiger partial charge in [-0.2, -0.15) is 0 Å². The van der Waals surface area contributed by atoms with Gasteiger partial charge in [0, 0.05) is 18.2 Å². The predicted octanol–water partition coefficient (Wildman–Crippen LogP) is 3.85. The third-order valence-corrected chi connectivity index (χ3v) is 4.41. The number of carbonyl (C=O) groups is 1. The lowest BCUT2D eigenvalue weighted by Crippen LogP contribution is -2.46. The molecule has 4 heteroatoms. The van der Waals surface area contributed by atoms with Gasteiger partial charge in [0.15, 0.2) is 0 Å². The summed E-state index contributed by atoms with van der Waals surface area (Å²) >= 11 is 3.12. The van der Waals surface area contributed by atoms with Crippen molar-refractivity contribution in [2.24, 2.45) is 5.92 Å². The molecular weight excluding hydrogens is 297 g/mol. The quantitative estimate of drug-likeness (QED) is 0.771. The van der Waals surface area contributed by atoms with Crippen molar-refractivity contribution in [1.29, 1.82) is 0 Å². The third-order valence-electron chi connectivity index (χ3n) is 3.80. The Hall–Kier alpha value is -0.900. The van der Waals surface area contributed by atoms with Crippen LogP contribution in [0, 0.1) is 11.7 Å². The number of amides is 1. The van der Waals surface area contributed by atoms with Gasteiger partial charge in [0.1, 0.15) is 5.82 Å². The van der Waals surface area contributed by atoms with E-state index in [1.165, 1.54) is 6.07 Å². The zero-order chi connectivity index (χ0) is 13.3. The summed E-state index contributed by atoms with van der Waals surface area (Å²) in [6.07, 6.45) is 2.21. The fourth-order valence-electron chi connectivity index (χ4n) is 2.42. The van der Waals surface area contributed by atoms with E-state index in [1.54, 1.807) is 12.1 Å². The molecule has 0 N–H and O–H groups in total. The lowest BCUT2D eigenvalue weighted by molar-refractivity contribution is 0.0551. The maximum Gasteiger partial charge on any atom is 0.254 e. The van der Waals surface area contributed by atoms with Crippen LogP contribution in [0.1, 0.15) is 37.0 Å². The van der Waals surface area contributed by atoms with Crippen molar-refractivity contribution in [3.05, 3.63) is 34.1 Å². The Labute approximate surface area is 115 Å². The smallest absolute Gasteiger partial charge is 0.254 e. The molecule has 2 rings (SSSR count). The molecule has 0 spiro atoms. The molecule has 98 valence electrons. The molecule has 1 heterocycles. The maximum absolute atomic E-state index is 13.2. The number of nitrogens with zero attached hydrogens (tertiary/aromatic N) is 1. The van der Waals surface area contributed by atoms with Gasteiger partial charge in [0.25, 0.3) is 5.91 Å². The molecule has 2 nitrogen and oxygen atoms in total. The molecule has 1 aromatic rings. The summed E-state index contributed by atoms with van der Waals surface area (Å²) in [5.74, 6) is 0.174. The predicted molar refractivity (Wildman–Crippen MR) is 73.0 cm³/mol. The zero-order valence-electron chi connectivity index (χ0n) is 10.6. The minimum Gasteiger partial charge on any atom is -0.336 e. The van der Waals surface area contributed by atoms with Crippen LogP contribution in [0.3, 0.4) is 0 Å². The summed E-state index contributed by atoms with van der Waals surface area (Å²) in [5, 5.41) is 0. The number of likely N-dealkylation sites (tertiary alicyclic amines) is 1. The largest absolute Gasteiger partial charge is 0.336 e. The van der Waals surface area contributed by atoms with Crippen LogP contribution in [0.2, 0.25) is 0 Å². The van der Waals surface area contributed by atoms with Crippen molar-refractivity contribution in [3.63, 3.8) is 0 Å². The van der Waals surface area contributed by atoms with Crippen molar-refractivity contribution in [3.8, 4) is 0 Å². The second-order valence-electron chi connectivity index (χ2n) is 4.99. The molecule has 2 unspecified atom stereocenters. The van der Waals surface area contributed by atoms with E-state index in [9.17, 15) is 9.18 Å². The molecule has 0 saturated carbocycles. The Morgan fingerprint density at radius 1 is 1.44 bits per heavy atom. The fourth-order valence-corrected chi connectivity index (χ4v) is 2.80. The molecule has 0 bridgehead atoms. The van der Waals surface area contributed by atoms with Gasteiger partial charge in [-0.1, -0.05) is 6.92 Å².